The fraction of sp³-hybridized carbons (Fsp3) is 0.923. The van der Waals surface area contributed by atoms with Crippen LogP contribution >= 0.6 is 11.8 Å². The van der Waals surface area contributed by atoms with Crippen molar-refractivity contribution in [3.05, 3.63) is 0 Å². The molecule has 5 heteroatoms. The van der Waals surface area contributed by atoms with Crippen molar-refractivity contribution < 1.29 is 9.53 Å². The third kappa shape index (κ3) is 5.06. The van der Waals surface area contributed by atoms with E-state index < -0.39 is 5.60 Å². The van der Waals surface area contributed by atoms with Crippen LogP contribution in [0.2, 0.25) is 0 Å². The molecule has 4 nitrogen and oxygen atoms in total. The van der Waals surface area contributed by atoms with Crippen molar-refractivity contribution in [1.82, 2.24) is 10.2 Å². The molecule has 1 N–H and O–H groups in total. The molecule has 0 bridgehead atoms. The molecule has 0 atom stereocenters. The van der Waals surface area contributed by atoms with Crippen molar-refractivity contribution in [2.45, 2.75) is 51.0 Å². The molecule has 0 spiro atoms. The van der Waals surface area contributed by atoms with Crippen LogP contribution in [0.3, 0.4) is 0 Å². The van der Waals surface area contributed by atoms with Gasteiger partial charge in [-0.2, -0.15) is 11.8 Å². The average Bonchev–Trinajstić information content (AvgIpc) is 2.12. The maximum absolute atomic E-state index is 11.7. The van der Waals surface area contributed by atoms with E-state index in [9.17, 15) is 4.79 Å². The van der Waals surface area contributed by atoms with Crippen LogP contribution in [0.4, 0.5) is 4.79 Å². The lowest BCUT2D eigenvalue weighted by atomic mass is 10.1. The topological polar surface area (TPSA) is 41.6 Å². The summed E-state index contributed by atoms with van der Waals surface area (Å²) >= 11 is 1.85. The van der Waals surface area contributed by atoms with E-state index in [2.05, 4.69) is 25.4 Å². The standard InChI is InChI=1S/C13H26N2O2S/c1-12(2,3)17-11(16)15-7-10(8-15)14-9-13(4,5)18-6/h10,14H,7-9H2,1-6H3. The zero-order chi connectivity index (χ0) is 14.0. The molecule has 1 aliphatic heterocycles. The Morgan fingerprint density at radius 1 is 1.33 bits per heavy atom. The van der Waals surface area contributed by atoms with Gasteiger partial charge in [-0.1, -0.05) is 0 Å². The van der Waals surface area contributed by atoms with E-state index in [1.54, 1.807) is 4.90 Å². The summed E-state index contributed by atoms with van der Waals surface area (Å²) < 4.78 is 5.55. The summed E-state index contributed by atoms with van der Waals surface area (Å²) in [5, 5.41) is 3.49. The number of rotatable bonds is 4. The van der Waals surface area contributed by atoms with Gasteiger partial charge in [0.2, 0.25) is 0 Å². The van der Waals surface area contributed by atoms with Gasteiger partial charge in [-0.05, 0) is 40.9 Å². The lowest BCUT2D eigenvalue weighted by Gasteiger charge is -2.41. The van der Waals surface area contributed by atoms with Crippen molar-refractivity contribution >= 4 is 17.9 Å². The second-order valence-corrected chi connectivity index (χ2v) is 7.94. The van der Waals surface area contributed by atoms with Gasteiger partial charge in [0, 0.05) is 30.4 Å². The molecular weight excluding hydrogens is 248 g/mol. The van der Waals surface area contributed by atoms with E-state index in [0.717, 1.165) is 19.6 Å². The Morgan fingerprint density at radius 3 is 2.33 bits per heavy atom. The number of carbonyl (C=O) groups excluding carboxylic acids is 1. The second kappa shape index (κ2) is 5.70. The number of amides is 1. The van der Waals surface area contributed by atoms with Crippen LogP contribution in [0, 0.1) is 0 Å². The van der Waals surface area contributed by atoms with Crippen LogP contribution in [0.5, 0.6) is 0 Å². The molecule has 0 aromatic carbocycles. The molecule has 1 aliphatic rings. The second-order valence-electron chi connectivity index (χ2n) is 6.43. The first-order valence-corrected chi connectivity index (χ1v) is 7.62. The highest BCUT2D eigenvalue weighted by Gasteiger charge is 2.34. The molecule has 1 heterocycles. The van der Waals surface area contributed by atoms with E-state index in [1.807, 2.05) is 32.5 Å². The summed E-state index contributed by atoms with van der Waals surface area (Å²) in [6, 6.07) is 0.406. The van der Waals surface area contributed by atoms with E-state index in [-0.39, 0.29) is 10.8 Å². The Kier molecular flexibility index (Phi) is 4.95. The molecule has 0 radical (unpaired) electrons. The Bertz CT molecular complexity index is 294. The summed E-state index contributed by atoms with van der Waals surface area (Å²) in [4.78, 5) is 13.5. The Labute approximate surface area is 115 Å². The van der Waals surface area contributed by atoms with Crippen molar-refractivity contribution in [2.24, 2.45) is 0 Å². The minimum Gasteiger partial charge on any atom is -0.444 e. The summed E-state index contributed by atoms with van der Waals surface area (Å²) in [6.07, 6.45) is 1.92. The quantitative estimate of drug-likeness (QED) is 0.854. The fourth-order valence-corrected chi connectivity index (χ4v) is 1.77. The molecule has 0 unspecified atom stereocenters. The molecule has 0 saturated carbocycles. The molecule has 1 rings (SSSR count). The van der Waals surface area contributed by atoms with Crippen molar-refractivity contribution in [3.8, 4) is 0 Å². The number of nitrogens with zero attached hydrogens (tertiary/aromatic N) is 1. The third-order valence-corrected chi connectivity index (χ3v) is 4.15. The maximum atomic E-state index is 11.7. The van der Waals surface area contributed by atoms with Crippen LogP contribution < -0.4 is 5.32 Å². The zero-order valence-electron chi connectivity index (χ0n) is 12.4. The number of hydrogen-bond donors (Lipinski definition) is 1. The molecular formula is C13H26N2O2S. The van der Waals surface area contributed by atoms with Crippen molar-refractivity contribution in [1.29, 1.82) is 0 Å². The minimum atomic E-state index is -0.406. The van der Waals surface area contributed by atoms with Gasteiger partial charge in [0.1, 0.15) is 5.60 Å². The van der Waals surface area contributed by atoms with Gasteiger partial charge in [-0.25, -0.2) is 4.79 Å². The lowest BCUT2D eigenvalue weighted by Crippen LogP contribution is -2.61. The molecule has 0 aromatic heterocycles. The first kappa shape index (κ1) is 15.6. The highest BCUT2D eigenvalue weighted by molar-refractivity contribution is 7.99. The van der Waals surface area contributed by atoms with E-state index in [1.165, 1.54) is 0 Å². The summed E-state index contributed by atoms with van der Waals surface area (Å²) in [6.45, 7) is 12.6. The highest BCUT2D eigenvalue weighted by atomic mass is 32.2. The number of hydrogen-bond acceptors (Lipinski definition) is 4. The first-order valence-electron chi connectivity index (χ1n) is 6.39. The number of likely N-dealkylation sites (tertiary alicyclic amines) is 1. The van der Waals surface area contributed by atoms with Gasteiger partial charge < -0.3 is 15.0 Å². The maximum Gasteiger partial charge on any atom is 0.410 e. The van der Waals surface area contributed by atoms with Crippen LogP contribution in [-0.4, -0.2) is 53.3 Å². The Morgan fingerprint density at radius 2 is 1.89 bits per heavy atom. The largest absolute Gasteiger partial charge is 0.444 e. The van der Waals surface area contributed by atoms with Gasteiger partial charge >= 0.3 is 6.09 Å². The lowest BCUT2D eigenvalue weighted by molar-refractivity contribution is 0.00526. The third-order valence-electron chi connectivity index (χ3n) is 2.90. The van der Waals surface area contributed by atoms with Gasteiger partial charge in [0.25, 0.3) is 0 Å². The minimum absolute atomic E-state index is 0.204. The number of thioether (sulfide) groups is 1. The zero-order valence-corrected chi connectivity index (χ0v) is 13.2. The molecule has 18 heavy (non-hydrogen) atoms. The van der Waals surface area contributed by atoms with Crippen LogP contribution in [0.25, 0.3) is 0 Å². The SMILES string of the molecule is CSC(C)(C)CNC1CN(C(=O)OC(C)(C)C)C1. The molecule has 1 amide bonds. The van der Waals surface area contributed by atoms with Gasteiger partial charge in [-0.15, -0.1) is 0 Å². The van der Waals surface area contributed by atoms with Crippen molar-refractivity contribution in [2.75, 3.05) is 25.9 Å². The van der Waals surface area contributed by atoms with Crippen LogP contribution in [0.1, 0.15) is 34.6 Å². The predicted octanol–water partition coefficient (Wildman–Crippen LogP) is 2.34. The van der Waals surface area contributed by atoms with Gasteiger partial charge in [-0.3, -0.25) is 0 Å². The van der Waals surface area contributed by atoms with Gasteiger partial charge in [0.15, 0.2) is 0 Å². The van der Waals surface area contributed by atoms with E-state index in [0.29, 0.717) is 6.04 Å². The summed E-state index contributed by atoms with van der Waals surface area (Å²) in [5.41, 5.74) is -0.406. The highest BCUT2D eigenvalue weighted by Crippen LogP contribution is 2.21. The molecule has 1 saturated heterocycles. The smallest absolute Gasteiger partial charge is 0.410 e. The predicted molar refractivity (Wildman–Crippen MR) is 77.2 cm³/mol. The fourth-order valence-electron chi connectivity index (χ4n) is 1.55. The number of ether oxygens (including phenoxy) is 1. The average molecular weight is 274 g/mol. The van der Waals surface area contributed by atoms with E-state index >= 15 is 0 Å². The molecule has 0 aromatic rings. The normalized spacial score (nSPS) is 17.6. The number of nitrogens with one attached hydrogen (secondary N) is 1. The monoisotopic (exact) mass is 274 g/mol. The Hall–Kier alpha value is -0.420. The summed E-state index contributed by atoms with van der Waals surface area (Å²) in [7, 11) is 0. The molecule has 1 fully saturated rings. The first-order chi connectivity index (χ1) is 8.13. The molecule has 106 valence electrons. The van der Waals surface area contributed by atoms with Crippen LogP contribution in [0.15, 0.2) is 0 Å². The summed E-state index contributed by atoms with van der Waals surface area (Å²) in [5.74, 6) is 0. The number of carbonyl (C=O) groups is 1. The van der Waals surface area contributed by atoms with Gasteiger partial charge in [0.05, 0.1) is 0 Å². The molecule has 0 aliphatic carbocycles. The Balaban J connectivity index is 2.22. The van der Waals surface area contributed by atoms with Crippen molar-refractivity contribution in [3.63, 3.8) is 0 Å². The van der Waals surface area contributed by atoms with E-state index in [4.69, 9.17) is 4.74 Å². The van der Waals surface area contributed by atoms with Crippen LogP contribution in [-0.2, 0) is 4.74 Å².